The Morgan fingerprint density at radius 2 is 1.74 bits per heavy atom. The summed E-state index contributed by atoms with van der Waals surface area (Å²) in [6.45, 7) is 3.49. The molecule has 10 nitrogen and oxygen atoms in total. The quantitative estimate of drug-likeness (QED) is 0.634. The zero-order valence-electron chi connectivity index (χ0n) is 15.5. The van der Waals surface area contributed by atoms with Gasteiger partial charge in [0, 0.05) is 37.6 Å². The van der Waals surface area contributed by atoms with Gasteiger partial charge in [-0.3, -0.25) is 10.9 Å². The van der Waals surface area contributed by atoms with Crippen molar-refractivity contribution in [3.63, 3.8) is 0 Å². The summed E-state index contributed by atoms with van der Waals surface area (Å²) in [5, 5.41) is 0.675. The second kappa shape index (κ2) is 8.78. The minimum atomic E-state index is -0.710. The average Bonchev–Trinajstić information content (AvgIpc) is 2.65. The Kier molecular flexibility index (Phi) is 6.70. The summed E-state index contributed by atoms with van der Waals surface area (Å²) in [5.74, 6) is 2.12. The molecule has 0 unspecified atom stereocenters. The maximum absolute atomic E-state index is 11.1. The standard InChI is InChI=1S/C16H23N7O3.ClH/c1-22-4-6-23(7-5-22)16-18-11-9-13(26-3)12(25-2)8-10(11)14(19-16)20-21-15(17)24;/h8-9H,4-7H2,1-3H3,(H3,17,21,24)(H,18,19,20);1H. The van der Waals surface area contributed by atoms with Crippen LogP contribution in [0, 0.1) is 0 Å². The van der Waals surface area contributed by atoms with E-state index in [1.54, 1.807) is 26.4 Å². The number of methoxy groups -OCH3 is 2. The van der Waals surface area contributed by atoms with Gasteiger partial charge in [0.05, 0.1) is 19.7 Å². The van der Waals surface area contributed by atoms with Crippen LogP contribution in [0.3, 0.4) is 0 Å². The number of anilines is 2. The molecule has 0 bridgehead atoms. The number of hydrazine groups is 1. The normalized spacial score (nSPS) is 14.4. The number of urea groups is 1. The second-order valence-corrected chi connectivity index (χ2v) is 6.00. The molecule has 2 heterocycles. The van der Waals surface area contributed by atoms with Crippen LogP contribution in [0.1, 0.15) is 0 Å². The summed E-state index contributed by atoms with van der Waals surface area (Å²) < 4.78 is 10.7. The Morgan fingerprint density at radius 1 is 1.11 bits per heavy atom. The van der Waals surface area contributed by atoms with Crippen LogP contribution in [0.25, 0.3) is 10.9 Å². The Balaban J connectivity index is 0.00000261. The van der Waals surface area contributed by atoms with Crippen LogP contribution in [0.2, 0.25) is 0 Å². The number of carbonyl (C=O) groups is 1. The molecule has 3 rings (SSSR count). The van der Waals surface area contributed by atoms with Crippen molar-refractivity contribution in [1.82, 2.24) is 20.3 Å². The lowest BCUT2D eigenvalue weighted by Gasteiger charge is -2.32. The highest BCUT2D eigenvalue weighted by molar-refractivity contribution is 5.93. The molecule has 0 spiro atoms. The van der Waals surface area contributed by atoms with E-state index in [2.05, 4.69) is 37.7 Å². The molecule has 1 aliphatic rings. The van der Waals surface area contributed by atoms with Crippen LogP contribution in [0.15, 0.2) is 12.1 Å². The third-order valence-corrected chi connectivity index (χ3v) is 4.28. The Bertz CT molecular complexity index is 812. The first-order valence-corrected chi connectivity index (χ1v) is 8.20. The lowest BCUT2D eigenvalue weighted by Crippen LogP contribution is -2.45. The molecule has 4 N–H and O–H groups in total. The largest absolute Gasteiger partial charge is 0.493 e. The van der Waals surface area contributed by atoms with Gasteiger partial charge < -0.3 is 25.0 Å². The number of halogens is 1. The van der Waals surface area contributed by atoms with Gasteiger partial charge in [0.25, 0.3) is 0 Å². The third kappa shape index (κ3) is 4.52. The molecule has 1 aromatic heterocycles. The van der Waals surface area contributed by atoms with Gasteiger partial charge in [0.15, 0.2) is 17.3 Å². The fourth-order valence-corrected chi connectivity index (χ4v) is 2.81. The molecule has 1 aromatic carbocycles. The van der Waals surface area contributed by atoms with Crippen LogP contribution >= 0.6 is 12.4 Å². The van der Waals surface area contributed by atoms with Gasteiger partial charge in [-0.2, -0.15) is 4.98 Å². The maximum atomic E-state index is 11.1. The molecular formula is C16H24ClN7O3. The third-order valence-electron chi connectivity index (χ3n) is 4.28. The van der Waals surface area contributed by atoms with E-state index in [1.165, 1.54) is 0 Å². The molecule has 2 aromatic rings. The predicted molar refractivity (Wildman–Crippen MR) is 106 cm³/mol. The number of aromatic nitrogens is 2. The number of primary amides is 1. The maximum Gasteiger partial charge on any atom is 0.330 e. The van der Waals surface area contributed by atoms with Crippen molar-refractivity contribution >= 4 is 41.1 Å². The summed E-state index contributed by atoms with van der Waals surface area (Å²) in [5.41, 5.74) is 10.9. The van der Waals surface area contributed by atoms with E-state index < -0.39 is 6.03 Å². The fourth-order valence-electron chi connectivity index (χ4n) is 2.81. The Hall–Kier alpha value is -2.72. The summed E-state index contributed by atoms with van der Waals surface area (Å²) in [4.78, 5) is 24.7. The minimum Gasteiger partial charge on any atom is -0.493 e. The number of amides is 2. The number of benzene rings is 1. The molecule has 0 radical (unpaired) electrons. The number of ether oxygens (including phenoxy) is 2. The molecule has 2 amide bonds. The number of hydrogen-bond donors (Lipinski definition) is 3. The van der Waals surface area contributed by atoms with Crippen molar-refractivity contribution in [3.8, 4) is 11.5 Å². The number of rotatable bonds is 5. The number of likely N-dealkylation sites (N-methyl/N-ethyl adjacent to an activating group) is 1. The molecule has 11 heteroatoms. The van der Waals surface area contributed by atoms with Crippen molar-refractivity contribution in [3.05, 3.63) is 12.1 Å². The molecule has 148 valence electrons. The van der Waals surface area contributed by atoms with Crippen molar-refractivity contribution in [2.24, 2.45) is 5.73 Å². The SMILES string of the molecule is COc1cc2nc(N3CCN(C)CC3)nc(NNC(N)=O)c2cc1OC.Cl. The topological polar surface area (TPSA) is 118 Å². The molecule has 0 atom stereocenters. The first-order chi connectivity index (χ1) is 12.5. The minimum absolute atomic E-state index is 0. The zero-order chi connectivity index (χ0) is 18.7. The molecule has 1 aliphatic heterocycles. The van der Waals surface area contributed by atoms with Crippen LogP contribution in [-0.4, -0.2) is 68.3 Å². The van der Waals surface area contributed by atoms with E-state index in [4.69, 9.17) is 15.2 Å². The second-order valence-electron chi connectivity index (χ2n) is 6.00. The predicted octanol–water partition coefficient (Wildman–Crippen LogP) is 0.816. The number of hydrogen-bond acceptors (Lipinski definition) is 8. The van der Waals surface area contributed by atoms with Gasteiger partial charge in [0.1, 0.15) is 0 Å². The van der Waals surface area contributed by atoms with Gasteiger partial charge in [-0.15, -0.1) is 12.4 Å². The van der Waals surface area contributed by atoms with Gasteiger partial charge in [-0.25, -0.2) is 9.78 Å². The van der Waals surface area contributed by atoms with E-state index in [0.29, 0.717) is 34.2 Å². The van der Waals surface area contributed by atoms with Gasteiger partial charge in [0.2, 0.25) is 5.95 Å². The first kappa shape index (κ1) is 20.6. The van der Waals surface area contributed by atoms with Gasteiger partial charge in [-0.1, -0.05) is 0 Å². The number of nitrogens with one attached hydrogen (secondary N) is 2. The van der Waals surface area contributed by atoms with E-state index in [0.717, 1.165) is 26.2 Å². The van der Waals surface area contributed by atoms with E-state index in [-0.39, 0.29) is 12.4 Å². The highest BCUT2D eigenvalue weighted by Gasteiger charge is 2.20. The summed E-state index contributed by atoms with van der Waals surface area (Å²) in [6.07, 6.45) is 0. The summed E-state index contributed by atoms with van der Waals surface area (Å²) in [6, 6.07) is 2.83. The number of nitrogens with two attached hydrogens (primary N) is 1. The lowest BCUT2D eigenvalue weighted by atomic mass is 10.2. The van der Waals surface area contributed by atoms with Crippen LogP contribution in [-0.2, 0) is 0 Å². The number of carbonyl (C=O) groups excluding carboxylic acids is 1. The Morgan fingerprint density at radius 3 is 2.33 bits per heavy atom. The fraction of sp³-hybridized carbons (Fsp3) is 0.438. The first-order valence-electron chi connectivity index (χ1n) is 8.20. The molecule has 1 fully saturated rings. The number of fused-ring (bicyclic) bond motifs is 1. The lowest BCUT2D eigenvalue weighted by molar-refractivity contribution is 0.250. The molecule has 0 saturated carbocycles. The van der Waals surface area contributed by atoms with Crippen molar-refractivity contribution in [2.45, 2.75) is 0 Å². The van der Waals surface area contributed by atoms with E-state index in [1.807, 2.05) is 0 Å². The molecule has 0 aliphatic carbocycles. The molecule has 1 saturated heterocycles. The highest BCUT2D eigenvalue weighted by atomic mass is 35.5. The monoisotopic (exact) mass is 397 g/mol. The van der Waals surface area contributed by atoms with E-state index in [9.17, 15) is 4.79 Å². The van der Waals surface area contributed by atoms with Gasteiger partial charge >= 0.3 is 6.03 Å². The molecule has 27 heavy (non-hydrogen) atoms. The van der Waals surface area contributed by atoms with Crippen molar-refractivity contribution in [1.29, 1.82) is 0 Å². The highest BCUT2D eigenvalue weighted by Crippen LogP contribution is 2.34. The number of piperazine rings is 1. The van der Waals surface area contributed by atoms with E-state index >= 15 is 0 Å². The summed E-state index contributed by atoms with van der Waals surface area (Å²) >= 11 is 0. The van der Waals surface area contributed by atoms with Crippen LogP contribution in [0.5, 0.6) is 11.5 Å². The van der Waals surface area contributed by atoms with Crippen LogP contribution in [0.4, 0.5) is 16.6 Å². The zero-order valence-corrected chi connectivity index (χ0v) is 16.3. The van der Waals surface area contributed by atoms with Crippen molar-refractivity contribution < 1.29 is 14.3 Å². The van der Waals surface area contributed by atoms with Crippen LogP contribution < -0.4 is 31.0 Å². The number of nitrogens with zero attached hydrogens (tertiary/aromatic N) is 4. The smallest absolute Gasteiger partial charge is 0.330 e. The Labute approximate surface area is 163 Å². The average molecular weight is 398 g/mol. The summed E-state index contributed by atoms with van der Waals surface area (Å²) in [7, 11) is 5.21. The van der Waals surface area contributed by atoms with Crippen molar-refractivity contribution in [2.75, 3.05) is 57.8 Å². The molecular weight excluding hydrogens is 374 g/mol. The van der Waals surface area contributed by atoms with Gasteiger partial charge in [-0.05, 0) is 13.1 Å².